The lowest BCUT2D eigenvalue weighted by Gasteiger charge is -2.31. The van der Waals surface area contributed by atoms with Crippen LogP contribution in [0.15, 0.2) is 24.5 Å². The first-order valence-electron chi connectivity index (χ1n) is 6.79. The Balaban J connectivity index is 1.93. The Kier molecular flexibility index (Phi) is 3.40. The standard InChI is InChI=1S/C14H18FN5/c1-10(16)7-11-12(15)3-2-4-13(11)19-5-6-20-9-17-18-14(20)8-19/h2-4,9-10H,5-8,16H2,1H3. The molecule has 0 bridgehead atoms. The molecule has 6 heteroatoms. The molecule has 2 N–H and O–H groups in total. The summed E-state index contributed by atoms with van der Waals surface area (Å²) in [5, 5.41) is 8.01. The number of rotatable bonds is 3. The highest BCUT2D eigenvalue weighted by molar-refractivity contribution is 5.55. The molecule has 0 saturated heterocycles. The monoisotopic (exact) mass is 275 g/mol. The molecule has 1 aliphatic heterocycles. The molecule has 2 heterocycles. The predicted molar refractivity (Wildman–Crippen MR) is 74.8 cm³/mol. The summed E-state index contributed by atoms with van der Waals surface area (Å²) >= 11 is 0. The SMILES string of the molecule is CC(N)Cc1c(F)cccc1N1CCn2cnnc2C1. The smallest absolute Gasteiger partial charge is 0.152 e. The number of hydrogen-bond acceptors (Lipinski definition) is 4. The van der Waals surface area contributed by atoms with Crippen LogP contribution in [0, 0.1) is 5.82 Å². The quantitative estimate of drug-likeness (QED) is 0.918. The predicted octanol–water partition coefficient (Wildman–Crippen LogP) is 1.33. The van der Waals surface area contributed by atoms with Crippen LogP contribution < -0.4 is 10.6 Å². The second kappa shape index (κ2) is 5.20. The van der Waals surface area contributed by atoms with Crippen molar-refractivity contribution in [3.63, 3.8) is 0 Å². The van der Waals surface area contributed by atoms with Gasteiger partial charge in [-0.15, -0.1) is 10.2 Å². The van der Waals surface area contributed by atoms with Gasteiger partial charge in [0, 0.05) is 30.4 Å². The molecule has 0 spiro atoms. The number of nitrogens with zero attached hydrogens (tertiary/aromatic N) is 4. The number of nitrogens with two attached hydrogens (primary N) is 1. The molecule has 3 rings (SSSR count). The molecule has 1 aromatic carbocycles. The third-order valence-corrected chi connectivity index (χ3v) is 3.60. The Bertz CT molecular complexity index is 607. The zero-order chi connectivity index (χ0) is 14.1. The molecule has 20 heavy (non-hydrogen) atoms. The van der Waals surface area contributed by atoms with Crippen molar-refractivity contribution in [3.8, 4) is 0 Å². The van der Waals surface area contributed by atoms with Crippen LogP contribution in [0.2, 0.25) is 0 Å². The lowest BCUT2D eigenvalue weighted by atomic mass is 10.0. The van der Waals surface area contributed by atoms with Gasteiger partial charge in [-0.2, -0.15) is 0 Å². The van der Waals surface area contributed by atoms with Gasteiger partial charge in [0.05, 0.1) is 6.54 Å². The third-order valence-electron chi connectivity index (χ3n) is 3.60. The van der Waals surface area contributed by atoms with E-state index in [2.05, 4.69) is 15.1 Å². The fourth-order valence-electron chi connectivity index (χ4n) is 2.64. The van der Waals surface area contributed by atoms with Crippen LogP contribution in [-0.4, -0.2) is 27.4 Å². The molecule has 5 nitrogen and oxygen atoms in total. The summed E-state index contributed by atoms with van der Waals surface area (Å²) in [5.41, 5.74) is 7.44. The molecule has 1 atom stereocenters. The van der Waals surface area contributed by atoms with Crippen molar-refractivity contribution in [3.05, 3.63) is 41.7 Å². The molecule has 1 aliphatic rings. The number of anilines is 1. The minimum atomic E-state index is -0.188. The molecule has 1 unspecified atom stereocenters. The van der Waals surface area contributed by atoms with Gasteiger partial charge in [-0.1, -0.05) is 6.07 Å². The van der Waals surface area contributed by atoms with Crippen LogP contribution in [0.1, 0.15) is 18.3 Å². The Hall–Kier alpha value is -1.95. The minimum absolute atomic E-state index is 0.0703. The summed E-state index contributed by atoms with van der Waals surface area (Å²) in [6.07, 6.45) is 2.27. The highest BCUT2D eigenvalue weighted by Crippen LogP contribution is 2.27. The van der Waals surface area contributed by atoms with E-state index in [9.17, 15) is 4.39 Å². The number of hydrogen-bond donors (Lipinski definition) is 1. The van der Waals surface area contributed by atoms with Gasteiger partial charge in [0.1, 0.15) is 12.1 Å². The van der Waals surface area contributed by atoms with E-state index in [-0.39, 0.29) is 11.9 Å². The summed E-state index contributed by atoms with van der Waals surface area (Å²) < 4.78 is 16.1. The molecule has 0 saturated carbocycles. The van der Waals surface area contributed by atoms with E-state index in [1.54, 1.807) is 12.4 Å². The van der Waals surface area contributed by atoms with E-state index in [4.69, 9.17) is 5.73 Å². The summed E-state index contributed by atoms with van der Waals surface area (Å²) in [6, 6.07) is 5.12. The van der Waals surface area contributed by atoms with Gasteiger partial charge in [0.15, 0.2) is 5.82 Å². The van der Waals surface area contributed by atoms with Crippen molar-refractivity contribution in [1.29, 1.82) is 0 Å². The molecule has 0 amide bonds. The average molecular weight is 275 g/mol. The van der Waals surface area contributed by atoms with Crippen LogP contribution in [0.25, 0.3) is 0 Å². The number of fused-ring (bicyclic) bond motifs is 1. The number of halogens is 1. The summed E-state index contributed by atoms with van der Waals surface area (Å²) in [4.78, 5) is 2.14. The zero-order valence-electron chi connectivity index (χ0n) is 11.5. The molecule has 1 aromatic heterocycles. The van der Waals surface area contributed by atoms with E-state index >= 15 is 0 Å². The number of benzene rings is 1. The molecule has 0 aliphatic carbocycles. The Morgan fingerprint density at radius 3 is 3.05 bits per heavy atom. The minimum Gasteiger partial charge on any atom is -0.362 e. The van der Waals surface area contributed by atoms with Crippen LogP contribution in [0.3, 0.4) is 0 Å². The van der Waals surface area contributed by atoms with Gasteiger partial charge in [-0.3, -0.25) is 0 Å². The molecule has 106 valence electrons. The summed E-state index contributed by atoms with van der Waals surface area (Å²) in [6.45, 7) is 4.18. The van der Waals surface area contributed by atoms with Crippen molar-refractivity contribution in [2.75, 3.05) is 11.4 Å². The van der Waals surface area contributed by atoms with E-state index in [0.29, 0.717) is 18.5 Å². The maximum atomic E-state index is 14.1. The Morgan fingerprint density at radius 2 is 2.25 bits per heavy atom. The molecular formula is C14H18FN5. The maximum absolute atomic E-state index is 14.1. The average Bonchev–Trinajstić information content (AvgIpc) is 2.88. The lowest BCUT2D eigenvalue weighted by molar-refractivity contribution is 0.550. The van der Waals surface area contributed by atoms with E-state index in [0.717, 1.165) is 24.6 Å². The highest BCUT2D eigenvalue weighted by atomic mass is 19.1. The largest absolute Gasteiger partial charge is 0.362 e. The van der Waals surface area contributed by atoms with Crippen LogP contribution >= 0.6 is 0 Å². The van der Waals surface area contributed by atoms with E-state index in [1.807, 2.05) is 17.6 Å². The number of aromatic nitrogens is 3. The topological polar surface area (TPSA) is 60.0 Å². The van der Waals surface area contributed by atoms with Gasteiger partial charge >= 0.3 is 0 Å². The van der Waals surface area contributed by atoms with Crippen molar-refractivity contribution in [2.24, 2.45) is 5.73 Å². The van der Waals surface area contributed by atoms with E-state index < -0.39 is 0 Å². The second-order valence-electron chi connectivity index (χ2n) is 5.28. The maximum Gasteiger partial charge on any atom is 0.152 e. The van der Waals surface area contributed by atoms with Gasteiger partial charge in [0.2, 0.25) is 0 Å². The molecule has 0 radical (unpaired) electrons. The summed E-state index contributed by atoms with van der Waals surface area (Å²) in [5.74, 6) is 0.721. The fraction of sp³-hybridized carbons (Fsp3) is 0.429. The van der Waals surface area contributed by atoms with E-state index in [1.165, 1.54) is 6.07 Å². The van der Waals surface area contributed by atoms with Crippen LogP contribution in [-0.2, 0) is 19.5 Å². The summed E-state index contributed by atoms with van der Waals surface area (Å²) in [7, 11) is 0. The zero-order valence-corrected chi connectivity index (χ0v) is 11.5. The van der Waals surface area contributed by atoms with Crippen LogP contribution in [0.4, 0.5) is 10.1 Å². The van der Waals surface area contributed by atoms with Gasteiger partial charge in [0.25, 0.3) is 0 Å². The van der Waals surface area contributed by atoms with Crippen molar-refractivity contribution >= 4 is 5.69 Å². The van der Waals surface area contributed by atoms with Crippen molar-refractivity contribution < 1.29 is 4.39 Å². The van der Waals surface area contributed by atoms with Gasteiger partial charge in [-0.05, 0) is 25.5 Å². The first kappa shape index (κ1) is 13.1. The lowest BCUT2D eigenvalue weighted by Crippen LogP contribution is -2.34. The Morgan fingerprint density at radius 1 is 1.40 bits per heavy atom. The van der Waals surface area contributed by atoms with Gasteiger partial charge in [-0.25, -0.2) is 4.39 Å². The van der Waals surface area contributed by atoms with Crippen LogP contribution in [0.5, 0.6) is 0 Å². The molecular weight excluding hydrogens is 257 g/mol. The normalized spacial score (nSPS) is 16.1. The Labute approximate surface area is 117 Å². The fourth-order valence-corrected chi connectivity index (χ4v) is 2.64. The molecule has 2 aromatic rings. The second-order valence-corrected chi connectivity index (χ2v) is 5.28. The first-order chi connectivity index (χ1) is 9.65. The van der Waals surface area contributed by atoms with Gasteiger partial charge < -0.3 is 15.2 Å². The first-order valence-corrected chi connectivity index (χ1v) is 6.79. The van der Waals surface area contributed by atoms with Crippen molar-refractivity contribution in [2.45, 2.75) is 32.5 Å². The molecule has 0 fully saturated rings. The van der Waals surface area contributed by atoms with Crippen molar-refractivity contribution in [1.82, 2.24) is 14.8 Å². The highest BCUT2D eigenvalue weighted by Gasteiger charge is 2.21. The third kappa shape index (κ3) is 2.38.